The average Bonchev–Trinajstić information content (AvgIpc) is 2.16. The highest BCUT2D eigenvalue weighted by molar-refractivity contribution is 5.70. The SMILES string of the molecule is C#CCNC(=O)Oc1cccnc1. The molecule has 4 heteroatoms. The normalized spacial score (nSPS) is 8.54. The highest BCUT2D eigenvalue weighted by Gasteiger charge is 2.00. The van der Waals surface area contributed by atoms with Crippen molar-refractivity contribution in [3.05, 3.63) is 24.5 Å². The third-order valence-electron chi connectivity index (χ3n) is 1.18. The molecule has 0 saturated heterocycles. The second kappa shape index (κ2) is 4.78. The molecule has 0 aromatic carbocycles. The van der Waals surface area contributed by atoms with E-state index in [1.807, 2.05) is 0 Å². The van der Waals surface area contributed by atoms with Crippen LogP contribution in [0.1, 0.15) is 0 Å². The van der Waals surface area contributed by atoms with Gasteiger partial charge in [-0.15, -0.1) is 6.42 Å². The minimum atomic E-state index is -0.578. The Hall–Kier alpha value is -2.02. The summed E-state index contributed by atoms with van der Waals surface area (Å²) in [6.45, 7) is 0.152. The van der Waals surface area contributed by atoms with Crippen molar-refractivity contribution in [2.75, 3.05) is 6.54 Å². The van der Waals surface area contributed by atoms with Gasteiger partial charge in [-0.3, -0.25) is 4.98 Å². The molecule has 1 heterocycles. The summed E-state index contributed by atoms with van der Waals surface area (Å²) in [5.74, 6) is 2.64. The average molecular weight is 176 g/mol. The Morgan fingerprint density at radius 3 is 3.23 bits per heavy atom. The summed E-state index contributed by atoms with van der Waals surface area (Å²) in [4.78, 5) is 14.7. The van der Waals surface area contributed by atoms with Crippen molar-refractivity contribution in [3.8, 4) is 18.1 Å². The molecule has 0 saturated carbocycles. The van der Waals surface area contributed by atoms with Gasteiger partial charge in [-0.2, -0.15) is 0 Å². The van der Waals surface area contributed by atoms with Gasteiger partial charge in [-0.25, -0.2) is 4.79 Å². The van der Waals surface area contributed by atoms with E-state index in [9.17, 15) is 4.79 Å². The summed E-state index contributed by atoms with van der Waals surface area (Å²) in [6, 6.07) is 3.30. The molecule has 0 aliphatic heterocycles. The zero-order chi connectivity index (χ0) is 9.52. The Labute approximate surface area is 75.9 Å². The minimum absolute atomic E-state index is 0.152. The van der Waals surface area contributed by atoms with Crippen molar-refractivity contribution in [1.29, 1.82) is 0 Å². The number of rotatable bonds is 2. The van der Waals surface area contributed by atoms with E-state index in [1.54, 1.807) is 18.3 Å². The van der Waals surface area contributed by atoms with Crippen molar-refractivity contribution in [2.45, 2.75) is 0 Å². The molecular formula is C9H8N2O2. The molecule has 0 bridgehead atoms. The molecule has 0 fully saturated rings. The summed E-state index contributed by atoms with van der Waals surface area (Å²) in [5.41, 5.74) is 0. The molecule has 1 amide bonds. The van der Waals surface area contributed by atoms with Gasteiger partial charge >= 0.3 is 6.09 Å². The predicted molar refractivity (Wildman–Crippen MR) is 47.1 cm³/mol. The lowest BCUT2D eigenvalue weighted by Gasteiger charge is -2.02. The van der Waals surface area contributed by atoms with Crippen LogP contribution in [0.2, 0.25) is 0 Å². The van der Waals surface area contributed by atoms with Crippen LogP contribution < -0.4 is 10.1 Å². The number of amides is 1. The molecule has 0 unspecified atom stereocenters. The molecule has 1 N–H and O–H groups in total. The molecular weight excluding hydrogens is 168 g/mol. The maximum atomic E-state index is 10.9. The Morgan fingerprint density at radius 2 is 2.62 bits per heavy atom. The molecule has 1 rings (SSSR count). The number of hydrogen-bond donors (Lipinski definition) is 1. The lowest BCUT2D eigenvalue weighted by molar-refractivity contribution is 0.201. The summed E-state index contributed by atoms with van der Waals surface area (Å²) < 4.78 is 4.81. The van der Waals surface area contributed by atoms with E-state index >= 15 is 0 Å². The fourth-order valence-electron chi connectivity index (χ4n) is 0.674. The maximum absolute atomic E-state index is 10.9. The third kappa shape index (κ3) is 3.25. The first-order valence-electron chi connectivity index (χ1n) is 3.62. The number of ether oxygens (including phenoxy) is 1. The number of carbonyl (C=O) groups is 1. The van der Waals surface area contributed by atoms with E-state index < -0.39 is 6.09 Å². The number of nitrogens with zero attached hydrogens (tertiary/aromatic N) is 1. The summed E-state index contributed by atoms with van der Waals surface area (Å²) >= 11 is 0. The molecule has 1 aromatic rings. The lowest BCUT2D eigenvalue weighted by Crippen LogP contribution is -2.26. The topological polar surface area (TPSA) is 51.2 Å². The number of nitrogens with one attached hydrogen (secondary N) is 1. The van der Waals surface area contributed by atoms with E-state index in [1.165, 1.54) is 6.20 Å². The summed E-state index contributed by atoms with van der Waals surface area (Å²) in [5, 5.41) is 2.36. The summed E-state index contributed by atoms with van der Waals surface area (Å²) in [7, 11) is 0. The van der Waals surface area contributed by atoms with E-state index in [0.717, 1.165) is 0 Å². The molecule has 0 aliphatic rings. The van der Waals surface area contributed by atoms with Crippen LogP contribution >= 0.6 is 0 Å². The smallest absolute Gasteiger partial charge is 0.409 e. The molecule has 1 aromatic heterocycles. The zero-order valence-corrected chi connectivity index (χ0v) is 6.86. The molecule has 0 atom stereocenters. The Bertz CT molecular complexity index is 316. The van der Waals surface area contributed by atoms with Crippen LogP contribution in [-0.2, 0) is 0 Å². The number of carbonyl (C=O) groups excluding carboxylic acids is 1. The van der Waals surface area contributed by atoms with Gasteiger partial charge in [0.05, 0.1) is 12.7 Å². The van der Waals surface area contributed by atoms with E-state index in [-0.39, 0.29) is 6.54 Å². The fourth-order valence-corrected chi connectivity index (χ4v) is 0.674. The van der Waals surface area contributed by atoms with Crippen molar-refractivity contribution in [3.63, 3.8) is 0 Å². The molecule has 0 aliphatic carbocycles. The molecule has 66 valence electrons. The van der Waals surface area contributed by atoms with Crippen molar-refractivity contribution < 1.29 is 9.53 Å². The van der Waals surface area contributed by atoms with Gasteiger partial charge in [0.2, 0.25) is 0 Å². The van der Waals surface area contributed by atoms with Crippen LogP contribution in [0.3, 0.4) is 0 Å². The molecule has 13 heavy (non-hydrogen) atoms. The molecule has 4 nitrogen and oxygen atoms in total. The first-order chi connectivity index (χ1) is 6.33. The standard InChI is InChI=1S/C9H8N2O2/c1-2-5-11-9(12)13-8-4-3-6-10-7-8/h1,3-4,6-7H,5H2,(H,11,12). The maximum Gasteiger partial charge on any atom is 0.413 e. The minimum Gasteiger partial charge on any atom is -0.409 e. The van der Waals surface area contributed by atoms with Crippen LogP contribution in [0.4, 0.5) is 4.79 Å². The predicted octanol–water partition coefficient (Wildman–Crippen LogP) is 0.803. The van der Waals surface area contributed by atoms with Gasteiger partial charge in [0, 0.05) is 6.20 Å². The second-order valence-corrected chi connectivity index (χ2v) is 2.14. The van der Waals surface area contributed by atoms with Gasteiger partial charge in [0.15, 0.2) is 5.75 Å². The van der Waals surface area contributed by atoms with Crippen LogP contribution in [0.5, 0.6) is 5.75 Å². The van der Waals surface area contributed by atoms with E-state index in [2.05, 4.69) is 16.2 Å². The van der Waals surface area contributed by atoms with Gasteiger partial charge in [-0.05, 0) is 12.1 Å². The fraction of sp³-hybridized carbons (Fsp3) is 0.111. The Morgan fingerprint density at radius 1 is 1.77 bits per heavy atom. The van der Waals surface area contributed by atoms with Gasteiger partial charge in [-0.1, -0.05) is 5.92 Å². The number of pyridine rings is 1. The Kier molecular flexibility index (Phi) is 3.33. The van der Waals surface area contributed by atoms with Crippen molar-refractivity contribution in [1.82, 2.24) is 10.3 Å². The summed E-state index contributed by atoms with van der Waals surface area (Å²) in [6.07, 6.45) is 7.39. The van der Waals surface area contributed by atoms with Gasteiger partial charge in [0.25, 0.3) is 0 Å². The quantitative estimate of drug-likeness (QED) is 0.678. The number of terminal acetylenes is 1. The van der Waals surface area contributed by atoms with Crippen molar-refractivity contribution in [2.24, 2.45) is 0 Å². The van der Waals surface area contributed by atoms with Crippen LogP contribution in [0, 0.1) is 12.3 Å². The first kappa shape index (κ1) is 9.07. The van der Waals surface area contributed by atoms with E-state index in [0.29, 0.717) is 5.75 Å². The largest absolute Gasteiger partial charge is 0.413 e. The highest BCUT2D eigenvalue weighted by Crippen LogP contribution is 2.05. The second-order valence-electron chi connectivity index (χ2n) is 2.14. The van der Waals surface area contributed by atoms with Crippen LogP contribution in [0.25, 0.3) is 0 Å². The van der Waals surface area contributed by atoms with E-state index in [4.69, 9.17) is 11.2 Å². The van der Waals surface area contributed by atoms with Gasteiger partial charge < -0.3 is 10.1 Å². The highest BCUT2D eigenvalue weighted by atomic mass is 16.6. The Balaban J connectivity index is 2.42. The monoisotopic (exact) mass is 176 g/mol. The molecule has 0 radical (unpaired) electrons. The van der Waals surface area contributed by atoms with Crippen LogP contribution in [-0.4, -0.2) is 17.6 Å². The number of aromatic nitrogens is 1. The van der Waals surface area contributed by atoms with Crippen LogP contribution in [0.15, 0.2) is 24.5 Å². The third-order valence-corrected chi connectivity index (χ3v) is 1.18. The first-order valence-corrected chi connectivity index (χ1v) is 3.62. The zero-order valence-electron chi connectivity index (χ0n) is 6.86. The van der Waals surface area contributed by atoms with Crippen molar-refractivity contribution >= 4 is 6.09 Å². The lowest BCUT2D eigenvalue weighted by atomic mass is 10.5. The van der Waals surface area contributed by atoms with Gasteiger partial charge in [0.1, 0.15) is 0 Å². The molecule has 0 spiro atoms. The number of hydrogen-bond acceptors (Lipinski definition) is 3.